The minimum atomic E-state index is -0.496. The average Bonchev–Trinajstić information content (AvgIpc) is 2.02. The normalized spacial score (nSPS) is 10.1. The molecule has 0 amide bonds. The van der Waals surface area contributed by atoms with Crippen molar-refractivity contribution in [3.63, 3.8) is 0 Å². The Morgan fingerprint density at radius 1 is 1.62 bits per heavy atom. The molecule has 0 aliphatic rings. The molecule has 0 unspecified atom stereocenters. The quantitative estimate of drug-likeness (QED) is 0.517. The van der Waals surface area contributed by atoms with Crippen LogP contribution in [0.2, 0.25) is 5.02 Å². The number of nitro groups is 1. The van der Waals surface area contributed by atoms with Crippen molar-refractivity contribution >= 4 is 39.9 Å². The lowest BCUT2D eigenvalue weighted by atomic mass is 10.2. The van der Waals surface area contributed by atoms with Crippen LogP contribution in [0, 0.1) is 13.7 Å². The summed E-state index contributed by atoms with van der Waals surface area (Å²) in [5, 5.41) is 10.7. The van der Waals surface area contributed by atoms with Gasteiger partial charge in [0.1, 0.15) is 5.02 Å². The van der Waals surface area contributed by atoms with Crippen molar-refractivity contribution in [1.29, 1.82) is 0 Å². The Kier molecular flexibility index (Phi) is 3.46. The van der Waals surface area contributed by atoms with Gasteiger partial charge < -0.3 is 5.73 Å². The second-order valence-electron chi connectivity index (χ2n) is 2.37. The van der Waals surface area contributed by atoms with E-state index in [1.54, 1.807) is 6.07 Å². The van der Waals surface area contributed by atoms with E-state index in [9.17, 15) is 10.1 Å². The molecule has 0 aliphatic carbocycles. The minimum absolute atomic E-state index is 0.0560. The fourth-order valence-electron chi connectivity index (χ4n) is 0.910. The van der Waals surface area contributed by atoms with Crippen LogP contribution in [0.25, 0.3) is 0 Å². The summed E-state index contributed by atoms with van der Waals surface area (Å²) in [6.45, 7) is 0.327. The summed E-state index contributed by atoms with van der Waals surface area (Å²) in [5.74, 6) is 0. The number of nitro benzene ring substituents is 1. The number of nitrogens with zero attached hydrogens (tertiary/aromatic N) is 1. The third-order valence-corrected chi connectivity index (χ3v) is 2.61. The van der Waals surface area contributed by atoms with Gasteiger partial charge in [0.2, 0.25) is 0 Å². The van der Waals surface area contributed by atoms with Crippen LogP contribution in [0.1, 0.15) is 5.56 Å². The molecule has 1 aromatic carbocycles. The van der Waals surface area contributed by atoms with E-state index >= 15 is 0 Å². The Labute approximate surface area is 93.4 Å². The standard InChI is InChI=1S/C7H6ClIN2O2/c8-5-1-4(3-10)2-6(9)7(5)11(12)13/h1-2H,3,10H2. The fraction of sp³-hybridized carbons (Fsp3) is 0.143. The van der Waals surface area contributed by atoms with E-state index in [1.165, 1.54) is 6.07 Å². The smallest absolute Gasteiger partial charge is 0.301 e. The molecule has 0 bridgehead atoms. The van der Waals surface area contributed by atoms with E-state index in [1.807, 2.05) is 22.6 Å². The molecular weight excluding hydrogens is 306 g/mol. The Balaban J connectivity index is 3.31. The summed E-state index contributed by atoms with van der Waals surface area (Å²) >= 11 is 7.57. The maximum absolute atomic E-state index is 10.5. The first-order valence-corrected chi connectivity index (χ1v) is 4.84. The molecule has 70 valence electrons. The Morgan fingerprint density at radius 3 is 2.62 bits per heavy atom. The van der Waals surface area contributed by atoms with Gasteiger partial charge in [-0.2, -0.15) is 0 Å². The van der Waals surface area contributed by atoms with E-state index < -0.39 is 4.92 Å². The molecule has 13 heavy (non-hydrogen) atoms. The van der Waals surface area contributed by atoms with E-state index in [4.69, 9.17) is 17.3 Å². The van der Waals surface area contributed by atoms with Crippen LogP contribution in [-0.4, -0.2) is 4.92 Å². The summed E-state index contributed by atoms with van der Waals surface area (Å²) in [4.78, 5) is 10.0. The van der Waals surface area contributed by atoms with Crippen LogP contribution in [0.3, 0.4) is 0 Å². The molecule has 1 rings (SSSR count). The number of benzene rings is 1. The molecule has 1 aromatic rings. The second-order valence-corrected chi connectivity index (χ2v) is 3.94. The second kappa shape index (κ2) is 4.21. The van der Waals surface area contributed by atoms with Crippen LogP contribution in [0.5, 0.6) is 0 Å². The van der Waals surface area contributed by atoms with Gasteiger partial charge in [0, 0.05) is 6.54 Å². The molecule has 0 aromatic heterocycles. The Morgan fingerprint density at radius 2 is 2.23 bits per heavy atom. The molecule has 0 saturated heterocycles. The first-order chi connectivity index (χ1) is 6.06. The highest BCUT2D eigenvalue weighted by atomic mass is 127. The maximum Gasteiger partial charge on any atom is 0.301 e. The van der Waals surface area contributed by atoms with Crippen LogP contribution >= 0.6 is 34.2 Å². The van der Waals surface area contributed by atoms with Gasteiger partial charge in [-0.1, -0.05) is 11.6 Å². The van der Waals surface area contributed by atoms with Gasteiger partial charge in [-0.05, 0) is 40.3 Å². The molecule has 4 nitrogen and oxygen atoms in total. The number of rotatable bonds is 2. The third kappa shape index (κ3) is 2.29. The molecule has 0 heterocycles. The largest absolute Gasteiger partial charge is 0.326 e. The van der Waals surface area contributed by atoms with Crippen molar-refractivity contribution < 1.29 is 4.92 Å². The van der Waals surface area contributed by atoms with Crippen LogP contribution < -0.4 is 5.73 Å². The molecule has 0 spiro atoms. The van der Waals surface area contributed by atoms with Gasteiger partial charge in [0.05, 0.1) is 8.49 Å². The van der Waals surface area contributed by atoms with E-state index in [2.05, 4.69) is 0 Å². The monoisotopic (exact) mass is 312 g/mol. The molecule has 0 atom stereocenters. The Hall–Kier alpha value is -0.400. The third-order valence-electron chi connectivity index (χ3n) is 1.49. The molecular formula is C7H6ClIN2O2. The molecule has 0 radical (unpaired) electrons. The highest BCUT2D eigenvalue weighted by molar-refractivity contribution is 14.1. The van der Waals surface area contributed by atoms with Gasteiger partial charge >= 0.3 is 5.69 Å². The van der Waals surface area contributed by atoms with Crippen LogP contribution in [0.15, 0.2) is 12.1 Å². The minimum Gasteiger partial charge on any atom is -0.326 e. The zero-order valence-electron chi connectivity index (χ0n) is 6.46. The van der Waals surface area contributed by atoms with Gasteiger partial charge in [-0.3, -0.25) is 10.1 Å². The van der Waals surface area contributed by atoms with Gasteiger partial charge in [-0.15, -0.1) is 0 Å². The summed E-state index contributed by atoms with van der Waals surface area (Å²) in [5.41, 5.74) is 6.12. The van der Waals surface area contributed by atoms with Crippen molar-refractivity contribution in [2.75, 3.05) is 0 Å². The van der Waals surface area contributed by atoms with Crippen molar-refractivity contribution in [2.24, 2.45) is 5.73 Å². The summed E-state index contributed by atoms with van der Waals surface area (Å²) in [6.07, 6.45) is 0. The van der Waals surface area contributed by atoms with Crippen LogP contribution in [0.4, 0.5) is 5.69 Å². The number of hydrogen-bond donors (Lipinski definition) is 1. The van der Waals surface area contributed by atoms with E-state index in [-0.39, 0.29) is 10.7 Å². The Bertz CT molecular complexity index is 333. The number of nitrogens with two attached hydrogens (primary N) is 1. The maximum atomic E-state index is 10.5. The van der Waals surface area contributed by atoms with Gasteiger partial charge in [0.15, 0.2) is 0 Å². The van der Waals surface area contributed by atoms with Crippen molar-refractivity contribution in [2.45, 2.75) is 6.54 Å². The van der Waals surface area contributed by atoms with Crippen molar-refractivity contribution in [1.82, 2.24) is 0 Å². The first kappa shape index (κ1) is 10.7. The molecule has 0 fully saturated rings. The number of hydrogen-bond acceptors (Lipinski definition) is 3. The highest BCUT2D eigenvalue weighted by Gasteiger charge is 2.17. The lowest BCUT2D eigenvalue weighted by Crippen LogP contribution is -1.99. The lowest BCUT2D eigenvalue weighted by molar-refractivity contribution is -0.385. The number of halogens is 2. The van der Waals surface area contributed by atoms with Gasteiger partial charge in [-0.25, -0.2) is 0 Å². The summed E-state index contributed by atoms with van der Waals surface area (Å²) in [7, 11) is 0. The predicted molar refractivity (Wildman–Crippen MR) is 58.7 cm³/mol. The summed E-state index contributed by atoms with van der Waals surface area (Å²) in [6, 6.07) is 3.17. The molecule has 0 aliphatic heterocycles. The first-order valence-electron chi connectivity index (χ1n) is 3.38. The zero-order chi connectivity index (χ0) is 10.0. The predicted octanol–water partition coefficient (Wildman–Crippen LogP) is 2.31. The van der Waals surface area contributed by atoms with E-state index in [0.29, 0.717) is 10.1 Å². The molecule has 6 heteroatoms. The highest BCUT2D eigenvalue weighted by Crippen LogP contribution is 2.30. The summed E-state index contributed by atoms with van der Waals surface area (Å²) < 4.78 is 0.510. The topological polar surface area (TPSA) is 69.2 Å². The van der Waals surface area contributed by atoms with E-state index in [0.717, 1.165) is 5.56 Å². The zero-order valence-corrected chi connectivity index (χ0v) is 9.37. The fourth-order valence-corrected chi connectivity index (χ4v) is 2.27. The SMILES string of the molecule is NCc1cc(Cl)c([N+](=O)[O-])c(I)c1. The molecule has 0 saturated carbocycles. The van der Waals surface area contributed by atoms with Crippen molar-refractivity contribution in [3.8, 4) is 0 Å². The lowest BCUT2D eigenvalue weighted by Gasteiger charge is -2.01. The van der Waals surface area contributed by atoms with Crippen LogP contribution in [-0.2, 0) is 6.54 Å². The van der Waals surface area contributed by atoms with Gasteiger partial charge in [0.25, 0.3) is 0 Å². The molecule has 2 N–H and O–H groups in total. The van der Waals surface area contributed by atoms with Crippen molar-refractivity contribution in [3.05, 3.63) is 36.4 Å². The average molecular weight is 312 g/mol.